The maximum atomic E-state index is 4.70. The fraction of sp³-hybridized carbons (Fsp3) is 0.300. The van der Waals surface area contributed by atoms with E-state index in [1.165, 1.54) is 11.1 Å². The molecule has 0 amide bonds. The summed E-state index contributed by atoms with van der Waals surface area (Å²) >= 11 is 0. The summed E-state index contributed by atoms with van der Waals surface area (Å²) in [6.45, 7) is 4.38. The average molecular weight is 335 g/mol. The van der Waals surface area contributed by atoms with E-state index < -0.39 is 0 Å². The summed E-state index contributed by atoms with van der Waals surface area (Å²) in [4.78, 5) is 11.3. The smallest absolute Gasteiger partial charge is 0.193 e. The number of aromatic nitrogens is 2. The molecule has 0 aliphatic carbocycles. The molecule has 0 saturated heterocycles. The summed E-state index contributed by atoms with van der Waals surface area (Å²) in [5.41, 5.74) is 3.43. The van der Waals surface area contributed by atoms with Gasteiger partial charge in [0.2, 0.25) is 0 Å². The van der Waals surface area contributed by atoms with Crippen molar-refractivity contribution in [3.63, 3.8) is 0 Å². The Labute approximate surface area is 149 Å². The third-order valence-corrected chi connectivity index (χ3v) is 4.14. The lowest BCUT2D eigenvalue weighted by Crippen LogP contribution is -2.38. The second-order valence-electron chi connectivity index (χ2n) is 6.25. The zero-order valence-corrected chi connectivity index (χ0v) is 15.1. The van der Waals surface area contributed by atoms with Crippen molar-refractivity contribution in [3.8, 4) is 0 Å². The number of hydrogen-bond acceptors (Lipinski definition) is 2. The van der Waals surface area contributed by atoms with Crippen molar-refractivity contribution in [3.05, 3.63) is 66.0 Å². The quantitative estimate of drug-likeness (QED) is 0.576. The highest BCUT2D eigenvalue weighted by molar-refractivity contribution is 5.79. The third kappa shape index (κ3) is 4.18. The van der Waals surface area contributed by atoms with E-state index >= 15 is 0 Å². The molecule has 3 rings (SSSR count). The van der Waals surface area contributed by atoms with Crippen molar-refractivity contribution >= 4 is 17.0 Å². The van der Waals surface area contributed by atoms with Crippen LogP contribution in [0, 0.1) is 6.92 Å². The van der Waals surface area contributed by atoms with Crippen molar-refractivity contribution in [1.29, 1.82) is 0 Å². The Morgan fingerprint density at radius 3 is 2.56 bits per heavy atom. The highest BCUT2D eigenvalue weighted by atomic mass is 15.3. The summed E-state index contributed by atoms with van der Waals surface area (Å²) in [5, 5.41) is 3.45. The molecule has 0 radical (unpaired) electrons. The summed E-state index contributed by atoms with van der Waals surface area (Å²) in [7, 11) is 4.02. The molecular weight excluding hydrogens is 310 g/mol. The first-order valence-electron chi connectivity index (χ1n) is 8.56. The van der Waals surface area contributed by atoms with Crippen LogP contribution >= 0.6 is 0 Å². The minimum Gasteiger partial charge on any atom is -0.354 e. The Balaban J connectivity index is 1.64. The van der Waals surface area contributed by atoms with E-state index in [-0.39, 0.29) is 0 Å². The highest BCUT2D eigenvalue weighted by Gasteiger charge is 2.07. The van der Waals surface area contributed by atoms with E-state index in [4.69, 9.17) is 4.99 Å². The van der Waals surface area contributed by atoms with Gasteiger partial charge in [-0.2, -0.15) is 0 Å². The first-order valence-corrected chi connectivity index (χ1v) is 8.56. The fourth-order valence-corrected chi connectivity index (χ4v) is 2.86. The predicted molar refractivity (Wildman–Crippen MR) is 104 cm³/mol. The Bertz CT molecular complexity index is 849. The van der Waals surface area contributed by atoms with Gasteiger partial charge in [-0.05, 0) is 24.6 Å². The second kappa shape index (κ2) is 7.83. The SMILES string of the molecule is Cc1nc2ccccc2n1CCNC(=NCc1ccccc1)N(C)C. The van der Waals surface area contributed by atoms with Crippen LogP contribution in [0.5, 0.6) is 0 Å². The van der Waals surface area contributed by atoms with Gasteiger partial charge in [0.1, 0.15) is 5.82 Å². The third-order valence-electron chi connectivity index (χ3n) is 4.14. The molecule has 0 fully saturated rings. The molecule has 0 bridgehead atoms. The van der Waals surface area contributed by atoms with E-state index in [0.29, 0.717) is 6.54 Å². The maximum Gasteiger partial charge on any atom is 0.193 e. The number of hydrogen-bond donors (Lipinski definition) is 1. The molecule has 0 spiro atoms. The number of rotatable bonds is 5. The number of fused-ring (bicyclic) bond motifs is 1. The van der Waals surface area contributed by atoms with Crippen LogP contribution in [0.1, 0.15) is 11.4 Å². The number of nitrogens with zero attached hydrogens (tertiary/aromatic N) is 4. The second-order valence-corrected chi connectivity index (χ2v) is 6.25. The molecule has 0 saturated carbocycles. The van der Waals surface area contributed by atoms with E-state index in [1.54, 1.807) is 0 Å². The molecule has 130 valence electrons. The molecule has 1 heterocycles. The fourth-order valence-electron chi connectivity index (χ4n) is 2.86. The van der Waals surface area contributed by atoms with Crippen LogP contribution in [0.3, 0.4) is 0 Å². The summed E-state index contributed by atoms with van der Waals surface area (Å²) in [6, 6.07) is 18.6. The number of benzene rings is 2. The van der Waals surface area contributed by atoms with Gasteiger partial charge in [0.25, 0.3) is 0 Å². The van der Waals surface area contributed by atoms with E-state index in [9.17, 15) is 0 Å². The summed E-state index contributed by atoms with van der Waals surface area (Å²) < 4.78 is 2.24. The number of imidazole rings is 1. The van der Waals surface area contributed by atoms with Gasteiger partial charge in [-0.3, -0.25) is 0 Å². The Morgan fingerprint density at radius 1 is 1.08 bits per heavy atom. The first kappa shape index (κ1) is 17.0. The van der Waals surface area contributed by atoms with Crippen molar-refractivity contribution in [1.82, 2.24) is 19.8 Å². The van der Waals surface area contributed by atoms with Crippen LogP contribution in [0.15, 0.2) is 59.6 Å². The van der Waals surface area contributed by atoms with Gasteiger partial charge < -0.3 is 14.8 Å². The molecule has 0 atom stereocenters. The maximum absolute atomic E-state index is 4.70. The first-order chi connectivity index (χ1) is 12.1. The highest BCUT2D eigenvalue weighted by Crippen LogP contribution is 2.14. The molecule has 5 nitrogen and oxygen atoms in total. The number of aryl methyl sites for hydroxylation is 1. The van der Waals surface area contributed by atoms with Gasteiger partial charge in [0.05, 0.1) is 17.6 Å². The van der Waals surface area contributed by atoms with Crippen LogP contribution in [0.25, 0.3) is 11.0 Å². The molecule has 0 unspecified atom stereocenters. The average Bonchev–Trinajstić information content (AvgIpc) is 2.94. The molecule has 3 aromatic rings. The van der Waals surface area contributed by atoms with Gasteiger partial charge in [-0.1, -0.05) is 42.5 Å². The van der Waals surface area contributed by atoms with Gasteiger partial charge >= 0.3 is 0 Å². The monoisotopic (exact) mass is 335 g/mol. The van der Waals surface area contributed by atoms with Crippen molar-refractivity contribution in [2.45, 2.75) is 20.0 Å². The minimum atomic E-state index is 0.675. The van der Waals surface area contributed by atoms with Crippen LogP contribution in [0.2, 0.25) is 0 Å². The lowest BCUT2D eigenvalue weighted by atomic mass is 10.2. The minimum absolute atomic E-state index is 0.675. The number of nitrogens with one attached hydrogen (secondary N) is 1. The molecule has 2 aromatic carbocycles. The standard InChI is InChI=1S/C20H25N5/c1-16-23-18-11-7-8-12-19(18)25(16)14-13-21-20(24(2)3)22-15-17-9-5-4-6-10-17/h4-12H,13-15H2,1-3H3,(H,21,22). The number of aliphatic imine (C=N–C) groups is 1. The lowest BCUT2D eigenvalue weighted by molar-refractivity contribution is 0.564. The Kier molecular flexibility index (Phi) is 5.33. The van der Waals surface area contributed by atoms with Crippen LogP contribution in [-0.2, 0) is 13.1 Å². The largest absolute Gasteiger partial charge is 0.354 e. The topological polar surface area (TPSA) is 45.5 Å². The van der Waals surface area contributed by atoms with Crippen molar-refractivity contribution in [2.24, 2.45) is 4.99 Å². The Morgan fingerprint density at radius 2 is 1.80 bits per heavy atom. The normalized spacial score (nSPS) is 11.7. The van der Waals surface area contributed by atoms with Crippen LogP contribution in [-0.4, -0.2) is 41.1 Å². The molecule has 1 N–H and O–H groups in total. The molecular formula is C20H25N5. The van der Waals surface area contributed by atoms with E-state index in [2.05, 4.69) is 52.1 Å². The van der Waals surface area contributed by atoms with Gasteiger partial charge in [0.15, 0.2) is 5.96 Å². The lowest BCUT2D eigenvalue weighted by Gasteiger charge is -2.18. The molecule has 1 aromatic heterocycles. The van der Waals surface area contributed by atoms with Gasteiger partial charge in [0, 0.05) is 27.2 Å². The van der Waals surface area contributed by atoms with Crippen LogP contribution in [0.4, 0.5) is 0 Å². The zero-order valence-electron chi connectivity index (χ0n) is 15.1. The number of guanidine groups is 1. The van der Waals surface area contributed by atoms with E-state index in [1.807, 2.05) is 43.3 Å². The van der Waals surface area contributed by atoms with Crippen molar-refractivity contribution < 1.29 is 0 Å². The molecule has 0 aliphatic rings. The summed E-state index contributed by atoms with van der Waals surface area (Å²) in [5.74, 6) is 1.93. The Hall–Kier alpha value is -2.82. The van der Waals surface area contributed by atoms with E-state index in [0.717, 1.165) is 30.4 Å². The predicted octanol–water partition coefficient (Wildman–Crippen LogP) is 3.05. The van der Waals surface area contributed by atoms with Crippen LogP contribution < -0.4 is 5.32 Å². The van der Waals surface area contributed by atoms with Gasteiger partial charge in [-0.25, -0.2) is 9.98 Å². The molecule has 0 aliphatic heterocycles. The molecule has 5 heteroatoms. The number of para-hydroxylation sites is 2. The molecule has 25 heavy (non-hydrogen) atoms. The van der Waals surface area contributed by atoms with Crippen molar-refractivity contribution in [2.75, 3.05) is 20.6 Å². The zero-order chi connectivity index (χ0) is 17.6. The summed E-state index contributed by atoms with van der Waals surface area (Å²) in [6.07, 6.45) is 0. The van der Waals surface area contributed by atoms with Gasteiger partial charge in [-0.15, -0.1) is 0 Å².